The minimum absolute atomic E-state index is 0.134. The normalized spacial score (nSPS) is 16.4. The van der Waals surface area contributed by atoms with E-state index in [0.717, 1.165) is 18.9 Å². The van der Waals surface area contributed by atoms with Gasteiger partial charge in [-0.3, -0.25) is 4.79 Å². The Kier molecular flexibility index (Phi) is 3.61. The van der Waals surface area contributed by atoms with Gasteiger partial charge in [0.05, 0.1) is 0 Å². The average Bonchev–Trinajstić information content (AvgIpc) is 3.15. The number of nitrogens with one attached hydrogen (secondary N) is 1. The summed E-state index contributed by atoms with van der Waals surface area (Å²) in [7, 11) is 0. The number of hydrogen-bond acceptors (Lipinski definition) is 2. The van der Waals surface area contributed by atoms with Crippen molar-refractivity contribution >= 4 is 5.91 Å². The Morgan fingerprint density at radius 3 is 2.78 bits per heavy atom. The summed E-state index contributed by atoms with van der Waals surface area (Å²) >= 11 is 0. The molecule has 1 aliphatic carbocycles. The van der Waals surface area contributed by atoms with Crippen molar-refractivity contribution in [2.24, 2.45) is 11.7 Å². The standard InChI is InChI=1S/C13H16F2N2O/c1-7-2-5-9(14)11(12(7)15)13(18)17-6-10(16)8-3-4-8/h2,5,8,10H,3-4,6,16H2,1H3,(H,17,18). The van der Waals surface area contributed by atoms with E-state index in [-0.39, 0.29) is 18.2 Å². The molecule has 1 aromatic rings. The van der Waals surface area contributed by atoms with E-state index in [9.17, 15) is 13.6 Å². The average molecular weight is 254 g/mol. The van der Waals surface area contributed by atoms with Crippen LogP contribution in [0.15, 0.2) is 12.1 Å². The highest BCUT2D eigenvalue weighted by Crippen LogP contribution is 2.31. The van der Waals surface area contributed by atoms with Crippen molar-refractivity contribution in [3.63, 3.8) is 0 Å². The molecular weight excluding hydrogens is 238 g/mol. The quantitative estimate of drug-likeness (QED) is 0.860. The first kappa shape index (κ1) is 13.0. The van der Waals surface area contributed by atoms with E-state index in [1.807, 2.05) is 0 Å². The van der Waals surface area contributed by atoms with Crippen molar-refractivity contribution in [1.82, 2.24) is 5.32 Å². The number of carbonyl (C=O) groups excluding carboxylic acids is 1. The Balaban J connectivity index is 2.06. The predicted molar refractivity (Wildman–Crippen MR) is 64.1 cm³/mol. The second-order valence-corrected chi connectivity index (χ2v) is 4.76. The van der Waals surface area contributed by atoms with E-state index < -0.39 is 23.1 Å². The Morgan fingerprint density at radius 2 is 2.17 bits per heavy atom. The van der Waals surface area contributed by atoms with E-state index in [2.05, 4.69) is 5.32 Å². The third-order valence-corrected chi connectivity index (χ3v) is 3.24. The van der Waals surface area contributed by atoms with E-state index in [4.69, 9.17) is 5.73 Å². The van der Waals surface area contributed by atoms with Crippen LogP contribution in [0, 0.1) is 24.5 Å². The van der Waals surface area contributed by atoms with Gasteiger partial charge in [-0.05, 0) is 37.3 Å². The van der Waals surface area contributed by atoms with Crippen molar-refractivity contribution in [3.05, 3.63) is 34.9 Å². The fourth-order valence-corrected chi connectivity index (χ4v) is 1.85. The number of halogens is 2. The zero-order chi connectivity index (χ0) is 13.3. The first-order valence-corrected chi connectivity index (χ1v) is 5.99. The molecule has 1 amide bonds. The number of rotatable bonds is 4. The maximum Gasteiger partial charge on any atom is 0.257 e. The lowest BCUT2D eigenvalue weighted by Crippen LogP contribution is -2.39. The van der Waals surface area contributed by atoms with Crippen molar-refractivity contribution < 1.29 is 13.6 Å². The molecular formula is C13H16F2N2O. The summed E-state index contributed by atoms with van der Waals surface area (Å²) in [4.78, 5) is 11.7. The van der Waals surface area contributed by atoms with Gasteiger partial charge in [0.2, 0.25) is 0 Å². The number of benzene rings is 1. The predicted octanol–water partition coefficient (Wildman–Crippen LogP) is 1.74. The highest BCUT2D eigenvalue weighted by atomic mass is 19.1. The molecule has 1 saturated carbocycles. The van der Waals surface area contributed by atoms with Gasteiger partial charge in [0.25, 0.3) is 5.91 Å². The van der Waals surface area contributed by atoms with Crippen molar-refractivity contribution in [2.75, 3.05) is 6.54 Å². The molecule has 3 N–H and O–H groups in total. The first-order chi connectivity index (χ1) is 8.50. The van der Waals surface area contributed by atoms with Crippen molar-refractivity contribution in [3.8, 4) is 0 Å². The molecule has 2 rings (SSSR count). The topological polar surface area (TPSA) is 55.1 Å². The van der Waals surface area contributed by atoms with Crippen LogP contribution in [-0.2, 0) is 0 Å². The van der Waals surface area contributed by atoms with Crippen LogP contribution < -0.4 is 11.1 Å². The monoisotopic (exact) mass is 254 g/mol. The van der Waals surface area contributed by atoms with Gasteiger partial charge in [0.15, 0.2) is 0 Å². The summed E-state index contributed by atoms with van der Waals surface area (Å²) in [6.07, 6.45) is 2.12. The van der Waals surface area contributed by atoms with Gasteiger partial charge in [-0.1, -0.05) is 6.07 Å². The summed E-state index contributed by atoms with van der Waals surface area (Å²) in [6, 6.07) is 2.26. The largest absolute Gasteiger partial charge is 0.350 e. The molecule has 1 aromatic carbocycles. The van der Waals surface area contributed by atoms with Crippen LogP contribution in [-0.4, -0.2) is 18.5 Å². The number of aryl methyl sites for hydroxylation is 1. The molecule has 0 radical (unpaired) electrons. The second-order valence-electron chi connectivity index (χ2n) is 4.76. The van der Waals surface area contributed by atoms with Gasteiger partial charge in [-0.2, -0.15) is 0 Å². The fraction of sp³-hybridized carbons (Fsp3) is 0.462. The van der Waals surface area contributed by atoms with Gasteiger partial charge in [-0.25, -0.2) is 8.78 Å². The molecule has 1 atom stereocenters. The van der Waals surface area contributed by atoms with Gasteiger partial charge < -0.3 is 11.1 Å². The summed E-state index contributed by atoms with van der Waals surface area (Å²) in [5, 5.41) is 2.48. The molecule has 1 unspecified atom stereocenters. The van der Waals surface area contributed by atoms with Gasteiger partial charge in [-0.15, -0.1) is 0 Å². The Morgan fingerprint density at radius 1 is 1.50 bits per heavy atom. The number of hydrogen-bond donors (Lipinski definition) is 2. The molecule has 1 aliphatic rings. The van der Waals surface area contributed by atoms with E-state index >= 15 is 0 Å². The lowest BCUT2D eigenvalue weighted by Gasteiger charge is -2.12. The zero-order valence-electron chi connectivity index (χ0n) is 10.2. The molecule has 98 valence electrons. The van der Waals surface area contributed by atoms with Crippen LogP contribution in [0.3, 0.4) is 0 Å². The van der Waals surface area contributed by atoms with Crippen LogP contribution in [0.25, 0.3) is 0 Å². The smallest absolute Gasteiger partial charge is 0.257 e. The van der Waals surface area contributed by atoms with E-state index in [0.29, 0.717) is 5.92 Å². The summed E-state index contributed by atoms with van der Waals surface area (Å²) < 4.78 is 27.1. The molecule has 18 heavy (non-hydrogen) atoms. The van der Waals surface area contributed by atoms with Crippen LogP contribution in [0.4, 0.5) is 8.78 Å². The maximum atomic E-state index is 13.7. The maximum absolute atomic E-state index is 13.7. The Bertz CT molecular complexity index is 472. The summed E-state index contributed by atoms with van der Waals surface area (Å²) in [6.45, 7) is 1.73. The molecule has 0 heterocycles. The van der Waals surface area contributed by atoms with Gasteiger partial charge in [0.1, 0.15) is 17.2 Å². The Labute approximate surface area is 104 Å². The molecule has 0 aromatic heterocycles. The molecule has 5 heteroatoms. The lowest BCUT2D eigenvalue weighted by molar-refractivity contribution is 0.0941. The first-order valence-electron chi connectivity index (χ1n) is 5.99. The van der Waals surface area contributed by atoms with E-state index in [1.165, 1.54) is 13.0 Å². The van der Waals surface area contributed by atoms with Gasteiger partial charge >= 0.3 is 0 Å². The lowest BCUT2D eigenvalue weighted by atomic mass is 10.1. The molecule has 0 aliphatic heterocycles. The van der Waals surface area contributed by atoms with Crippen LogP contribution in [0.1, 0.15) is 28.8 Å². The SMILES string of the molecule is Cc1ccc(F)c(C(=O)NCC(N)C2CC2)c1F. The van der Waals surface area contributed by atoms with Crippen LogP contribution in [0.2, 0.25) is 0 Å². The van der Waals surface area contributed by atoms with Crippen LogP contribution >= 0.6 is 0 Å². The zero-order valence-corrected chi connectivity index (χ0v) is 10.2. The van der Waals surface area contributed by atoms with Crippen molar-refractivity contribution in [1.29, 1.82) is 0 Å². The van der Waals surface area contributed by atoms with Gasteiger partial charge in [0, 0.05) is 12.6 Å². The molecule has 0 spiro atoms. The highest BCUT2D eigenvalue weighted by molar-refractivity contribution is 5.95. The summed E-state index contributed by atoms with van der Waals surface area (Å²) in [5.41, 5.74) is 5.52. The number of nitrogens with two attached hydrogens (primary N) is 1. The summed E-state index contributed by atoms with van der Waals surface area (Å²) in [5.74, 6) is -1.98. The van der Waals surface area contributed by atoms with E-state index in [1.54, 1.807) is 0 Å². The van der Waals surface area contributed by atoms with Crippen LogP contribution in [0.5, 0.6) is 0 Å². The third-order valence-electron chi connectivity index (χ3n) is 3.24. The minimum atomic E-state index is -0.851. The molecule has 0 bridgehead atoms. The number of amides is 1. The minimum Gasteiger partial charge on any atom is -0.350 e. The molecule has 0 saturated heterocycles. The fourth-order valence-electron chi connectivity index (χ4n) is 1.85. The molecule has 1 fully saturated rings. The third kappa shape index (κ3) is 2.67. The number of carbonyl (C=O) groups is 1. The van der Waals surface area contributed by atoms with Crippen molar-refractivity contribution in [2.45, 2.75) is 25.8 Å². The molecule has 3 nitrogen and oxygen atoms in total. The Hall–Kier alpha value is -1.49. The highest BCUT2D eigenvalue weighted by Gasteiger charge is 2.29. The second kappa shape index (κ2) is 5.02.